The third kappa shape index (κ3) is 4.53. The molecule has 3 aliphatic rings. The average molecular weight is 500 g/mol. The van der Waals surface area contributed by atoms with Crippen molar-refractivity contribution < 1.29 is 23.5 Å². The van der Waals surface area contributed by atoms with Gasteiger partial charge >= 0.3 is 6.09 Å². The summed E-state index contributed by atoms with van der Waals surface area (Å²) < 4.78 is 22.5. The van der Waals surface area contributed by atoms with E-state index in [1.165, 1.54) is 4.68 Å². The second kappa shape index (κ2) is 8.74. The lowest BCUT2D eigenvalue weighted by molar-refractivity contribution is -0.134. The topological polar surface area (TPSA) is 106 Å². The third-order valence-electron chi connectivity index (χ3n) is 7.65. The van der Waals surface area contributed by atoms with Crippen LogP contribution < -0.4 is 10.6 Å². The van der Waals surface area contributed by atoms with Crippen LogP contribution >= 0.6 is 0 Å². The molecule has 1 aromatic heterocycles. The fraction of sp³-hybridized carbons (Fsp3) is 0.615. The van der Waals surface area contributed by atoms with E-state index in [0.717, 1.165) is 25.7 Å². The summed E-state index contributed by atoms with van der Waals surface area (Å²) in [4.78, 5) is 37.9. The van der Waals surface area contributed by atoms with Crippen LogP contribution in [0.4, 0.5) is 14.9 Å². The van der Waals surface area contributed by atoms with Crippen molar-refractivity contribution in [3.8, 4) is 0 Å². The standard InChI is InChI=1S/C26H34FN5O4/c1-25(2,3)36-24(35)32-13-26(14-32)11-9-15(10-12-26)28-18-7-5-16-21(30-31(4)22(16)20(18)27)17-6-8-19(33)29-23(17)34/h5,7,15,17,28H,6,8-14H2,1-4H3,(H,29,33,34). The van der Waals surface area contributed by atoms with Crippen LogP contribution in [0.1, 0.15) is 70.9 Å². The molecule has 5 rings (SSSR count). The van der Waals surface area contributed by atoms with Crippen molar-refractivity contribution in [2.75, 3.05) is 18.4 Å². The molecule has 2 saturated heterocycles. The lowest BCUT2D eigenvalue weighted by Crippen LogP contribution is -2.60. The van der Waals surface area contributed by atoms with Crippen molar-refractivity contribution in [1.82, 2.24) is 20.0 Å². The number of likely N-dealkylation sites (tertiary alicyclic amines) is 1. The van der Waals surface area contributed by atoms with Gasteiger partial charge in [-0.05, 0) is 65.0 Å². The molecule has 1 aliphatic carbocycles. The maximum atomic E-state index is 15.6. The number of hydrogen-bond acceptors (Lipinski definition) is 6. The minimum absolute atomic E-state index is 0.135. The lowest BCUT2D eigenvalue weighted by Gasteiger charge is -2.53. The Morgan fingerprint density at radius 3 is 2.53 bits per heavy atom. The molecular weight excluding hydrogens is 465 g/mol. The van der Waals surface area contributed by atoms with Crippen LogP contribution in [0.25, 0.3) is 10.9 Å². The van der Waals surface area contributed by atoms with Crippen molar-refractivity contribution in [2.24, 2.45) is 12.5 Å². The number of piperidine rings is 1. The summed E-state index contributed by atoms with van der Waals surface area (Å²) in [5.74, 6) is -1.63. The number of carbonyl (C=O) groups excluding carboxylic acids is 3. The van der Waals surface area contributed by atoms with Gasteiger partial charge in [-0.15, -0.1) is 0 Å². The number of fused-ring (bicyclic) bond motifs is 1. The Hall–Kier alpha value is -3.17. The highest BCUT2D eigenvalue weighted by Crippen LogP contribution is 2.45. The van der Waals surface area contributed by atoms with Crippen LogP contribution in [0, 0.1) is 11.2 Å². The number of benzene rings is 1. The number of ether oxygens (including phenoxy) is 1. The lowest BCUT2D eigenvalue weighted by atomic mass is 9.67. The van der Waals surface area contributed by atoms with Crippen LogP contribution in [-0.2, 0) is 21.4 Å². The number of carbonyl (C=O) groups is 3. The van der Waals surface area contributed by atoms with E-state index in [1.807, 2.05) is 26.8 Å². The third-order valence-corrected chi connectivity index (χ3v) is 7.65. The number of nitrogens with zero attached hydrogens (tertiary/aromatic N) is 3. The number of rotatable bonds is 3. The van der Waals surface area contributed by atoms with Gasteiger partial charge in [-0.1, -0.05) is 0 Å². The molecule has 10 heteroatoms. The number of halogens is 1. The summed E-state index contributed by atoms with van der Waals surface area (Å²) >= 11 is 0. The maximum absolute atomic E-state index is 15.6. The minimum atomic E-state index is -0.568. The first-order valence-electron chi connectivity index (χ1n) is 12.7. The smallest absolute Gasteiger partial charge is 0.410 e. The van der Waals surface area contributed by atoms with Crippen molar-refractivity contribution in [2.45, 2.75) is 76.9 Å². The van der Waals surface area contributed by atoms with Gasteiger partial charge in [-0.3, -0.25) is 19.6 Å². The zero-order valence-electron chi connectivity index (χ0n) is 21.3. The Bertz CT molecular complexity index is 1220. The first kappa shape index (κ1) is 24.5. The van der Waals surface area contributed by atoms with E-state index in [2.05, 4.69) is 15.7 Å². The molecule has 1 unspecified atom stereocenters. The summed E-state index contributed by atoms with van der Waals surface area (Å²) in [6.07, 6.45) is 4.09. The average Bonchev–Trinajstić information content (AvgIpc) is 3.10. The van der Waals surface area contributed by atoms with Crippen LogP contribution in [0.3, 0.4) is 0 Å². The van der Waals surface area contributed by atoms with Gasteiger partial charge in [0, 0.05) is 43.4 Å². The Labute approximate surface area is 209 Å². The molecule has 1 aromatic carbocycles. The first-order valence-corrected chi connectivity index (χ1v) is 12.7. The van der Waals surface area contributed by atoms with E-state index in [-0.39, 0.29) is 41.6 Å². The molecule has 2 N–H and O–H groups in total. The van der Waals surface area contributed by atoms with Gasteiger partial charge in [0.05, 0.1) is 17.3 Å². The Morgan fingerprint density at radius 1 is 1.19 bits per heavy atom. The summed E-state index contributed by atoms with van der Waals surface area (Å²) in [5, 5.41) is 10.8. The molecule has 1 saturated carbocycles. The fourth-order valence-electron chi connectivity index (χ4n) is 5.81. The van der Waals surface area contributed by atoms with Gasteiger partial charge in [-0.25, -0.2) is 9.18 Å². The number of nitrogens with one attached hydrogen (secondary N) is 2. The molecule has 36 heavy (non-hydrogen) atoms. The molecule has 3 heterocycles. The van der Waals surface area contributed by atoms with E-state index in [9.17, 15) is 14.4 Å². The summed E-state index contributed by atoms with van der Waals surface area (Å²) in [7, 11) is 1.67. The van der Waals surface area contributed by atoms with E-state index in [4.69, 9.17) is 4.74 Å². The molecule has 1 atom stereocenters. The Morgan fingerprint density at radius 2 is 1.89 bits per heavy atom. The Kier molecular flexibility index (Phi) is 5.95. The SMILES string of the molecule is Cn1nc(C2CCC(=O)NC2=O)c2ccc(NC3CCC4(CC3)CN(C(=O)OC(C)(C)C)C4)c(F)c21. The first-order chi connectivity index (χ1) is 16.9. The molecule has 1 spiro atoms. The molecule has 9 nitrogen and oxygen atoms in total. The molecule has 2 aliphatic heterocycles. The maximum Gasteiger partial charge on any atom is 0.410 e. The zero-order chi connectivity index (χ0) is 25.8. The molecule has 3 amide bonds. The zero-order valence-corrected chi connectivity index (χ0v) is 21.3. The quantitative estimate of drug-likeness (QED) is 0.622. The predicted molar refractivity (Wildman–Crippen MR) is 132 cm³/mol. The highest BCUT2D eigenvalue weighted by atomic mass is 19.1. The highest BCUT2D eigenvalue weighted by Gasteiger charge is 2.48. The number of amides is 3. The minimum Gasteiger partial charge on any atom is -0.444 e. The monoisotopic (exact) mass is 499 g/mol. The van der Waals surface area contributed by atoms with Crippen molar-refractivity contribution in [3.05, 3.63) is 23.6 Å². The van der Waals surface area contributed by atoms with Crippen molar-refractivity contribution in [3.63, 3.8) is 0 Å². The van der Waals surface area contributed by atoms with Crippen LogP contribution in [0.2, 0.25) is 0 Å². The van der Waals surface area contributed by atoms with Gasteiger partial charge in [0.15, 0.2) is 5.82 Å². The number of aromatic nitrogens is 2. The predicted octanol–water partition coefficient (Wildman–Crippen LogP) is 3.82. The van der Waals surface area contributed by atoms with E-state index < -0.39 is 11.5 Å². The Balaban J connectivity index is 1.23. The van der Waals surface area contributed by atoms with Gasteiger partial charge in [0.25, 0.3) is 0 Å². The normalized spacial score (nSPS) is 22.5. The molecular formula is C26H34FN5O4. The molecule has 3 fully saturated rings. The van der Waals surface area contributed by atoms with E-state index >= 15 is 4.39 Å². The number of imide groups is 1. The highest BCUT2D eigenvalue weighted by molar-refractivity contribution is 6.02. The van der Waals surface area contributed by atoms with Gasteiger partial charge < -0.3 is 15.0 Å². The van der Waals surface area contributed by atoms with Crippen molar-refractivity contribution in [1.29, 1.82) is 0 Å². The summed E-state index contributed by atoms with van der Waals surface area (Å²) in [5.41, 5.74) is 0.908. The van der Waals surface area contributed by atoms with Crippen LogP contribution in [0.15, 0.2) is 12.1 Å². The van der Waals surface area contributed by atoms with Gasteiger partial charge in [0.1, 0.15) is 11.1 Å². The van der Waals surface area contributed by atoms with Gasteiger partial charge in [0.2, 0.25) is 11.8 Å². The summed E-state index contributed by atoms with van der Waals surface area (Å²) in [6.45, 7) is 7.04. The van der Waals surface area contributed by atoms with Gasteiger partial charge in [-0.2, -0.15) is 5.10 Å². The number of aryl methyl sites for hydroxylation is 1. The molecule has 0 radical (unpaired) electrons. The molecule has 2 aromatic rings. The number of hydrogen-bond donors (Lipinski definition) is 2. The number of anilines is 1. The van der Waals surface area contributed by atoms with E-state index in [1.54, 1.807) is 18.0 Å². The van der Waals surface area contributed by atoms with Crippen LogP contribution in [0.5, 0.6) is 0 Å². The van der Waals surface area contributed by atoms with Crippen LogP contribution in [-0.4, -0.2) is 57.3 Å². The van der Waals surface area contributed by atoms with Crippen molar-refractivity contribution >= 4 is 34.5 Å². The summed E-state index contributed by atoms with van der Waals surface area (Å²) in [6, 6.07) is 3.66. The fourth-order valence-corrected chi connectivity index (χ4v) is 5.81. The second-order valence-electron chi connectivity index (χ2n) is 11.6. The van der Waals surface area contributed by atoms with E-state index in [0.29, 0.717) is 41.8 Å². The second-order valence-corrected chi connectivity index (χ2v) is 11.6. The largest absolute Gasteiger partial charge is 0.444 e. The molecule has 194 valence electrons. The molecule has 0 bridgehead atoms.